The quantitative estimate of drug-likeness (QED) is 0.318. The third-order valence-corrected chi connectivity index (χ3v) is 9.24. The lowest BCUT2D eigenvalue weighted by molar-refractivity contribution is 0.0589. The predicted molar refractivity (Wildman–Crippen MR) is 147 cm³/mol. The molecule has 0 unspecified atom stereocenters. The summed E-state index contributed by atoms with van der Waals surface area (Å²) in [6.07, 6.45) is 4.54. The molecule has 3 aromatic heterocycles. The van der Waals surface area contributed by atoms with Crippen LogP contribution >= 0.6 is 0 Å². The zero-order valence-corrected chi connectivity index (χ0v) is 24.4. The van der Waals surface area contributed by atoms with Gasteiger partial charge in [0.15, 0.2) is 11.5 Å². The van der Waals surface area contributed by atoms with Crippen molar-refractivity contribution in [1.82, 2.24) is 24.7 Å². The van der Waals surface area contributed by atoms with Gasteiger partial charge in [-0.25, -0.2) is 19.4 Å². The minimum Gasteiger partial charge on any atom is -0.443 e. The molecule has 0 spiro atoms. The second-order valence-electron chi connectivity index (χ2n) is 13.2. The van der Waals surface area contributed by atoms with Gasteiger partial charge < -0.3 is 14.5 Å². The van der Waals surface area contributed by atoms with Gasteiger partial charge in [0.25, 0.3) is 0 Å². The van der Waals surface area contributed by atoms with Crippen molar-refractivity contribution >= 4 is 31.0 Å². The summed E-state index contributed by atoms with van der Waals surface area (Å²) in [4.78, 5) is 26.8. The van der Waals surface area contributed by atoms with Crippen molar-refractivity contribution in [2.45, 2.75) is 85.0 Å². The van der Waals surface area contributed by atoms with Crippen molar-refractivity contribution < 1.29 is 14.3 Å². The molecule has 9 nitrogen and oxygen atoms in total. The van der Waals surface area contributed by atoms with Crippen molar-refractivity contribution in [3.05, 3.63) is 23.5 Å². The summed E-state index contributed by atoms with van der Waals surface area (Å²) in [7, 11) is 0.530. The molecule has 0 radical (unpaired) electrons. The van der Waals surface area contributed by atoms with Crippen LogP contribution in [0.2, 0.25) is 25.7 Å². The van der Waals surface area contributed by atoms with Crippen LogP contribution in [0.4, 0.5) is 10.5 Å². The molecular formula is C27H40N6O3Si. The Labute approximate surface area is 220 Å². The van der Waals surface area contributed by atoms with Gasteiger partial charge in [0.2, 0.25) is 0 Å². The van der Waals surface area contributed by atoms with Crippen molar-refractivity contribution in [2.24, 2.45) is 11.3 Å². The van der Waals surface area contributed by atoms with Gasteiger partial charge >= 0.3 is 6.09 Å². The Balaban J connectivity index is 1.42. The van der Waals surface area contributed by atoms with Gasteiger partial charge in [-0.05, 0) is 63.5 Å². The van der Waals surface area contributed by atoms with Crippen LogP contribution in [0.1, 0.15) is 45.4 Å². The van der Waals surface area contributed by atoms with Gasteiger partial charge in [-0.2, -0.15) is 5.10 Å². The van der Waals surface area contributed by atoms with E-state index in [1.807, 2.05) is 26.8 Å². The van der Waals surface area contributed by atoms with Crippen LogP contribution in [0, 0.1) is 11.3 Å². The third kappa shape index (κ3) is 5.45. The van der Waals surface area contributed by atoms with Gasteiger partial charge in [-0.1, -0.05) is 26.6 Å². The number of fused-ring (bicyclic) bond motifs is 3. The zero-order valence-electron chi connectivity index (χ0n) is 23.4. The van der Waals surface area contributed by atoms with Gasteiger partial charge in [0.1, 0.15) is 23.5 Å². The number of pyridine rings is 1. The lowest BCUT2D eigenvalue weighted by Gasteiger charge is -2.24. The smallest absolute Gasteiger partial charge is 0.414 e. The summed E-state index contributed by atoms with van der Waals surface area (Å²) >= 11 is 0. The Kier molecular flexibility index (Phi) is 6.26. The Bertz CT molecular complexity index is 1330. The number of nitrogens with zero attached hydrogens (tertiary/aromatic N) is 5. The molecule has 0 bridgehead atoms. The number of aromatic nitrogens is 5. The fourth-order valence-electron chi connectivity index (χ4n) is 5.06. The largest absolute Gasteiger partial charge is 0.443 e. The molecule has 1 saturated carbocycles. The van der Waals surface area contributed by atoms with Crippen molar-refractivity contribution in [3.8, 4) is 11.5 Å². The van der Waals surface area contributed by atoms with Crippen LogP contribution in [-0.4, -0.2) is 58.2 Å². The molecule has 2 aliphatic rings. The zero-order chi connectivity index (χ0) is 26.8. The maximum atomic E-state index is 12.5. The molecule has 0 aromatic carbocycles. The minimum atomic E-state index is -1.15. The van der Waals surface area contributed by atoms with Gasteiger partial charge in [-0.15, -0.1) is 0 Å². The van der Waals surface area contributed by atoms with E-state index in [9.17, 15) is 4.79 Å². The van der Waals surface area contributed by atoms with E-state index in [1.54, 1.807) is 13.2 Å². The van der Waals surface area contributed by atoms with Crippen molar-refractivity contribution in [2.75, 3.05) is 18.6 Å². The van der Waals surface area contributed by atoms with E-state index in [1.165, 1.54) is 22.6 Å². The van der Waals surface area contributed by atoms with E-state index in [0.29, 0.717) is 40.7 Å². The number of amides is 1. The molecule has 1 fully saturated rings. The fourth-order valence-corrected chi connectivity index (χ4v) is 5.81. The molecule has 2 aliphatic carbocycles. The van der Waals surface area contributed by atoms with Crippen molar-refractivity contribution in [3.63, 3.8) is 0 Å². The van der Waals surface area contributed by atoms with E-state index in [2.05, 4.69) is 41.2 Å². The normalized spacial score (nSPS) is 21.0. The Morgan fingerprint density at radius 2 is 2.08 bits per heavy atom. The van der Waals surface area contributed by atoms with Crippen LogP contribution in [0.5, 0.6) is 0 Å². The molecule has 3 heterocycles. The maximum Gasteiger partial charge on any atom is 0.414 e. The maximum absolute atomic E-state index is 12.5. The molecule has 3 aromatic rings. The van der Waals surface area contributed by atoms with E-state index < -0.39 is 19.8 Å². The Morgan fingerprint density at radius 1 is 1.32 bits per heavy atom. The number of anilines is 1. The SMILES string of the molecule is CN(C(=O)OC(C)(C)C)c1cnc2[nH]c(-c3nn(COCC[Si](C)(C)C)c4c3C[C@@H]3C[C@]3(C)C4)nc2c1. The molecule has 0 aliphatic heterocycles. The summed E-state index contributed by atoms with van der Waals surface area (Å²) < 4.78 is 13.6. The molecule has 200 valence electrons. The van der Waals surface area contributed by atoms with E-state index in [-0.39, 0.29) is 0 Å². The van der Waals surface area contributed by atoms with E-state index in [0.717, 1.165) is 31.2 Å². The number of H-pyrrole nitrogens is 1. The summed E-state index contributed by atoms with van der Waals surface area (Å²) in [6.45, 7) is 16.3. The number of imidazole rings is 1. The second kappa shape index (κ2) is 8.94. The Hall–Kier alpha value is -2.72. The number of ether oxygens (including phenoxy) is 2. The minimum absolute atomic E-state index is 0.386. The second-order valence-corrected chi connectivity index (χ2v) is 18.9. The van der Waals surface area contributed by atoms with Gasteiger partial charge in [0, 0.05) is 33.0 Å². The monoisotopic (exact) mass is 524 g/mol. The lowest BCUT2D eigenvalue weighted by Crippen LogP contribution is -2.34. The highest BCUT2D eigenvalue weighted by Gasteiger charge is 2.54. The predicted octanol–water partition coefficient (Wildman–Crippen LogP) is 5.63. The molecule has 2 atom stereocenters. The highest BCUT2D eigenvalue weighted by molar-refractivity contribution is 6.76. The van der Waals surface area contributed by atoms with Gasteiger partial charge in [-0.3, -0.25) is 4.90 Å². The molecule has 5 rings (SSSR count). The van der Waals surface area contributed by atoms with E-state index >= 15 is 0 Å². The summed E-state index contributed by atoms with van der Waals surface area (Å²) in [5, 5.41) is 5.00. The molecule has 1 N–H and O–H groups in total. The first-order valence-corrected chi connectivity index (χ1v) is 16.9. The highest BCUT2D eigenvalue weighted by Crippen LogP contribution is 2.60. The molecule has 1 amide bonds. The first-order valence-electron chi connectivity index (χ1n) is 13.2. The summed E-state index contributed by atoms with van der Waals surface area (Å²) in [5.41, 5.74) is 5.22. The first-order chi connectivity index (χ1) is 17.2. The van der Waals surface area contributed by atoms with Crippen LogP contribution in [0.3, 0.4) is 0 Å². The average Bonchev–Trinajstić information content (AvgIpc) is 3.09. The van der Waals surface area contributed by atoms with Crippen LogP contribution < -0.4 is 4.90 Å². The highest BCUT2D eigenvalue weighted by atomic mass is 28.3. The number of carbonyl (C=O) groups is 1. The standard InChI is InChI=1S/C27H40N6O3Si/c1-26(2,3)36-25(34)32(5)18-12-20-23(28-15-18)30-24(29-20)22-19-11-17-13-27(17,4)14-21(19)33(31-22)16-35-9-10-37(6,7)8/h12,15,17H,9-11,13-14,16H2,1-8H3,(H,28,29,30)/t17-,27-/m1/s1. The van der Waals surface area contributed by atoms with Crippen molar-refractivity contribution in [1.29, 1.82) is 0 Å². The Morgan fingerprint density at radius 3 is 2.78 bits per heavy atom. The number of nitrogens with one attached hydrogen (secondary N) is 1. The summed E-state index contributed by atoms with van der Waals surface area (Å²) in [5.74, 6) is 1.42. The average molecular weight is 525 g/mol. The van der Waals surface area contributed by atoms with E-state index in [4.69, 9.17) is 19.6 Å². The molecule has 37 heavy (non-hydrogen) atoms. The fraction of sp³-hybridized carbons (Fsp3) is 0.630. The number of aromatic amines is 1. The molecule has 10 heteroatoms. The lowest BCUT2D eigenvalue weighted by atomic mass is 9.87. The summed E-state index contributed by atoms with van der Waals surface area (Å²) in [6, 6.07) is 2.99. The third-order valence-electron chi connectivity index (χ3n) is 7.54. The number of hydrogen-bond donors (Lipinski definition) is 1. The van der Waals surface area contributed by atoms with Crippen LogP contribution in [0.15, 0.2) is 12.3 Å². The van der Waals surface area contributed by atoms with Crippen LogP contribution in [-0.2, 0) is 29.0 Å². The topological polar surface area (TPSA) is 98.2 Å². The van der Waals surface area contributed by atoms with Crippen LogP contribution in [0.25, 0.3) is 22.7 Å². The molecule has 0 saturated heterocycles. The van der Waals surface area contributed by atoms with Gasteiger partial charge in [0.05, 0.1) is 11.9 Å². The first kappa shape index (κ1) is 25.9. The molecular weight excluding hydrogens is 484 g/mol. The number of rotatable bonds is 7. The number of hydrogen-bond acceptors (Lipinski definition) is 6. The number of carbonyl (C=O) groups excluding carboxylic acids is 1.